The predicted molar refractivity (Wildman–Crippen MR) is 82.7 cm³/mol. The molecule has 2 aromatic rings. The lowest BCUT2D eigenvalue weighted by Crippen LogP contribution is -2.30. The van der Waals surface area contributed by atoms with Crippen molar-refractivity contribution in [3.63, 3.8) is 0 Å². The highest BCUT2D eigenvalue weighted by molar-refractivity contribution is 6.01. The Morgan fingerprint density at radius 3 is 2.75 bits per heavy atom. The van der Waals surface area contributed by atoms with Gasteiger partial charge in [0.25, 0.3) is 11.8 Å². The molecule has 0 fully saturated rings. The van der Waals surface area contributed by atoms with Crippen molar-refractivity contribution in [3.8, 4) is 5.75 Å². The summed E-state index contributed by atoms with van der Waals surface area (Å²) in [6, 6.07) is 8.06. The minimum atomic E-state index is -1.05. The molecule has 0 aliphatic carbocycles. The highest BCUT2D eigenvalue weighted by atomic mass is 19.2. The molecule has 1 aliphatic rings. The molecule has 7 heteroatoms. The van der Waals surface area contributed by atoms with E-state index < -0.39 is 23.6 Å². The number of rotatable bonds is 4. The van der Waals surface area contributed by atoms with Crippen molar-refractivity contribution in [1.29, 1.82) is 0 Å². The number of benzene rings is 2. The Morgan fingerprint density at radius 1 is 1.21 bits per heavy atom. The molecule has 0 spiro atoms. The molecule has 0 aromatic heterocycles. The Morgan fingerprint density at radius 2 is 2.00 bits per heavy atom. The number of anilines is 1. The Bertz CT molecular complexity index is 823. The molecule has 24 heavy (non-hydrogen) atoms. The SMILES string of the molecule is CC(Oc1ccc(F)c(F)c1)C(=O)Nc1ccc2c(c1)C(=O)NC2. The van der Waals surface area contributed by atoms with Gasteiger partial charge in [0.05, 0.1) is 0 Å². The monoisotopic (exact) mass is 332 g/mol. The van der Waals surface area contributed by atoms with Crippen LogP contribution in [0.2, 0.25) is 0 Å². The number of nitrogens with one attached hydrogen (secondary N) is 2. The van der Waals surface area contributed by atoms with Gasteiger partial charge in [0, 0.05) is 23.9 Å². The number of hydrogen-bond donors (Lipinski definition) is 2. The molecule has 1 aliphatic heterocycles. The van der Waals surface area contributed by atoms with Gasteiger partial charge in [0.2, 0.25) is 0 Å². The topological polar surface area (TPSA) is 67.4 Å². The van der Waals surface area contributed by atoms with Gasteiger partial charge in [-0.15, -0.1) is 0 Å². The van der Waals surface area contributed by atoms with E-state index in [4.69, 9.17) is 4.74 Å². The number of fused-ring (bicyclic) bond motifs is 1. The molecule has 124 valence electrons. The quantitative estimate of drug-likeness (QED) is 0.904. The molecule has 0 bridgehead atoms. The molecular weight excluding hydrogens is 318 g/mol. The van der Waals surface area contributed by atoms with Crippen LogP contribution in [0.5, 0.6) is 5.75 Å². The summed E-state index contributed by atoms with van der Waals surface area (Å²) in [7, 11) is 0. The fraction of sp³-hybridized carbons (Fsp3) is 0.176. The summed E-state index contributed by atoms with van der Waals surface area (Å²) in [5.41, 5.74) is 1.84. The van der Waals surface area contributed by atoms with Crippen molar-refractivity contribution in [2.75, 3.05) is 5.32 Å². The highest BCUT2D eigenvalue weighted by Gasteiger charge is 2.20. The van der Waals surface area contributed by atoms with Gasteiger partial charge in [-0.25, -0.2) is 8.78 Å². The van der Waals surface area contributed by atoms with Gasteiger partial charge in [-0.3, -0.25) is 9.59 Å². The lowest BCUT2D eigenvalue weighted by molar-refractivity contribution is -0.122. The van der Waals surface area contributed by atoms with E-state index in [0.717, 1.165) is 17.7 Å². The molecule has 0 radical (unpaired) electrons. The van der Waals surface area contributed by atoms with Crippen molar-refractivity contribution in [1.82, 2.24) is 5.32 Å². The van der Waals surface area contributed by atoms with Crippen LogP contribution < -0.4 is 15.4 Å². The molecule has 1 atom stereocenters. The zero-order chi connectivity index (χ0) is 17.3. The first kappa shape index (κ1) is 15.9. The average molecular weight is 332 g/mol. The number of hydrogen-bond acceptors (Lipinski definition) is 3. The molecule has 0 saturated heterocycles. The third kappa shape index (κ3) is 3.19. The van der Waals surface area contributed by atoms with Crippen LogP contribution in [0.1, 0.15) is 22.8 Å². The fourth-order valence-corrected chi connectivity index (χ4v) is 2.34. The second-order valence-corrected chi connectivity index (χ2v) is 5.38. The summed E-state index contributed by atoms with van der Waals surface area (Å²) < 4.78 is 31.3. The first-order valence-corrected chi connectivity index (χ1v) is 7.28. The second kappa shape index (κ2) is 6.27. The molecule has 5 nitrogen and oxygen atoms in total. The van der Waals surface area contributed by atoms with Crippen LogP contribution in [0.15, 0.2) is 36.4 Å². The van der Waals surface area contributed by atoms with E-state index >= 15 is 0 Å². The van der Waals surface area contributed by atoms with Crippen LogP contribution in [0.3, 0.4) is 0 Å². The summed E-state index contributed by atoms with van der Waals surface area (Å²) in [5, 5.41) is 5.31. The van der Waals surface area contributed by atoms with Crippen LogP contribution in [0, 0.1) is 11.6 Å². The van der Waals surface area contributed by atoms with Gasteiger partial charge in [-0.05, 0) is 36.8 Å². The Labute approximate surface area is 136 Å². The first-order chi connectivity index (χ1) is 11.4. The van der Waals surface area contributed by atoms with E-state index in [2.05, 4.69) is 10.6 Å². The van der Waals surface area contributed by atoms with Crippen molar-refractivity contribution >= 4 is 17.5 Å². The summed E-state index contributed by atoms with van der Waals surface area (Å²) >= 11 is 0. The Kier molecular flexibility index (Phi) is 4.16. The number of carbonyl (C=O) groups is 2. The molecule has 2 amide bonds. The Hall–Kier alpha value is -2.96. The van der Waals surface area contributed by atoms with E-state index in [1.807, 2.05) is 0 Å². The minimum absolute atomic E-state index is 0.0462. The lowest BCUT2D eigenvalue weighted by atomic mass is 10.1. The van der Waals surface area contributed by atoms with Gasteiger partial charge in [0.15, 0.2) is 17.7 Å². The summed E-state index contributed by atoms with van der Waals surface area (Å²) in [4.78, 5) is 23.8. The van der Waals surface area contributed by atoms with E-state index in [1.54, 1.807) is 18.2 Å². The first-order valence-electron chi connectivity index (χ1n) is 7.28. The zero-order valence-corrected chi connectivity index (χ0v) is 12.7. The highest BCUT2D eigenvalue weighted by Crippen LogP contribution is 2.21. The zero-order valence-electron chi connectivity index (χ0n) is 12.7. The molecule has 1 unspecified atom stereocenters. The molecular formula is C17H14F2N2O3. The number of carbonyl (C=O) groups excluding carboxylic acids is 2. The lowest BCUT2D eigenvalue weighted by Gasteiger charge is -2.15. The molecule has 1 heterocycles. The maximum Gasteiger partial charge on any atom is 0.265 e. The van der Waals surface area contributed by atoms with Gasteiger partial charge in [0.1, 0.15) is 5.75 Å². The predicted octanol–water partition coefficient (Wildman–Crippen LogP) is 2.61. The third-order valence-electron chi connectivity index (χ3n) is 3.63. The van der Waals surface area contributed by atoms with Crippen LogP contribution in [0.25, 0.3) is 0 Å². The summed E-state index contributed by atoms with van der Waals surface area (Å²) in [6.45, 7) is 1.95. The second-order valence-electron chi connectivity index (χ2n) is 5.38. The third-order valence-corrected chi connectivity index (χ3v) is 3.63. The van der Waals surface area contributed by atoms with Crippen LogP contribution in [0.4, 0.5) is 14.5 Å². The van der Waals surface area contributed by atoms with Crippen molar-refractivity contribution in [2.24, 2.45) is 0 Å². The molecule has 2 N–H and O–H groups in total. The largest absolute Gasteiger partial charge is 0.481 e. The maximum atomic E-state index is 13.1. The average Bonchev–Trinajstić information content (AvgIpc) is 2.92. The maximum absolute atomic E-state index is 13.1. The van der Waals surface area contributed by atoms with Gasteiger partial charge >= 0.3 is 0 Å². The fourth-order valence-electron chi connectivity index (χ4n) is 2.34. The number of halogens is 2. The number of amides is 2. The van der Waals surface area contributed by atoms with Crippen LogP contribution >= 0.6 is 0 Å². The van der Waals surface area contributed by atoms with E-state index in [1.165, 1.54) is 13.0 Å². The Balaban J connectivity index is 1.67. The van der Waals surface area contributed by atoms with Crippen molar-refractivity contribution < 1.29 is 23.1 Å². The minimum Gasteiger partial charge on any atom is -0.481 e. The smallest absolute Gasteiger partial charge is 0.265 e. The van der Waals surface area contributed by atoms with Gasteiger partial charge in [-0.1, -0.05) is 6.07 Å². The summed E-state index contributed by atoms with van der Waals surface area (Å²) in [6.07, 6.45) is -0.933. The normalized spacial score (nSPS) is 13.9. The number of ether oxygens (including phenoxy) is 1. The van der Waals surface area contributed by atoms with Gasteiger partial charge < -0.3 is 15.4 Å². The van der Waals surface area contributed by atoms with Crippen molar-refractivity contribution in [3.05, 3.63) is 59.2 Å². The van der Waals surface area contributed by atoms with Crippen LogP contribution in [-0.2, 0) is 11.3 Å². The molecule has 0 saturated carbocycles. The van der Waals surface area contributed by atoms with Gasteiger partial charge in [-0.2, -0.15) is 0 Å². The van der Waals surface area contributed by atoms with E-state index in [9.17, 15) is 18.4 Å². The van der Waals surface area contributed by atoms with E-state index in [0.29, 0.717) is 17.8 Å². The summed E-state index contributed by atoms with van der Waals surface area (Å²) in [5.74, 6) is -2.66. The molecule has 3 rings (SSSR count). The van der Waals surface area contributed by atoms with E-state index in [-0.39, 0.29) is 11.7 Å². The standard InChI is InChI=1S/C17H14F2N2O3/c1-9(24-12-4-5-14(18)15(19)7-12)16(22)21-11-3-2-10-8-20-17(23)13(10)6-11/h2-7,9H,8H2,1H3,(H,20,23)(H,21,22). The van der Waals surface area contributed by atoms with Crippen molar-refractivity contribution in [2.45, 2.75) is 19.6 Å². The van der Waals surface area contributed by atoms with Crippen LogP contribution in [-0.4, -0.2) is 17.9 Å². The molecule has 2 aromatic carbocycles.